The Bertz CT molecular complexity index is 1220. The normalized spacial score (nSPS) is 15.5. The summed E-state index contributed by atoms with van der Waals surface area (Å²) in [6, 6.07) is 16.3. The maximum absolute atomic E-state index is 5.67. The average Bonchev–Trinajstić information content (AvgIpc) is 3.36. The molecule has 1 aliphatic rings. The monoisotopic (exact) mass is 451 g/mol. The van der Waals surface area contributed by atoms with Crippen LogP contribution in [0.4, 0.5) is 0 Å². The van der Waals surface area contributed by atoms with Crippen LogP contribution in [0.25, 0.3) is 21.6 Å². The molecule has 8 heteroatoms. The van der Waals surface area contributed by atoms with Crippen molar-refractivity contribution in [1.29, 1.82) is 0 Å². The van der Waals surface area contributed by atoms with Crippen LogP contribution in [0.3, 0.4) is 0 Å². The Morgan fingerprint density at radius 2 is 1.84 bits per heavy atom. The van der Waals surface area contributed by atoms with Gasteiger partial charge in [-0.25, -0.2) is 9.67 Å². The molecule has 5 rings (SSSR count). The van der Waals surface area contributed by atoms with Crippen LogP contribution in [-0.2, 0) is 13.7 Å². The molecule has 0 aliphatic carbocycles. The number of hydrogen-bond donors (Lipinski definition) is 0. The Balaban J connectivity index is 1.27. The van der Waals surface area contributed by atoms with Crippen LogP contribution in [0.1, 0.15) is 23.8 Å². The fourth-order valence-electron chi connectivity index (χ4n) is 4.15. The highest BCUT2D eigenvalue weighted by molar-refractivity contribution is 7.71. The molecular weight excluding hydrogens is 426 g/mol. The number of methoxy groups -OCH3 is 1. The molecule has 1 fully saturated rings. The van der Waals surface area contributed by atoms with Gasteiger partial charge in [0.05, 0.1) is 29.0 Å². The summed E-state index contributed by atoms with van der Waals surface area (Å²) in [5, 5.41) is 6.09. The third-order valence-electron chi connectivity index (χ3n) is 5.97. The second kappa shape index (κ2) is 8.53. The number of rotatable bonds is 5. The SMILES string of the molecule is COc1ccc(-c2nn(CN3CCC(c4nc5ccccc5s4)CC3)c(=S)n2C)cc1. The van der Waals surface area contributed by atoms with Crippen molar-refractivity contribution in [3.8, 4) is 17.1 Å². The highest BCUT2D eigenvalue weighted by atomic mass is 32.1. The summed E-state index contributed by atoms with van der Waals surface area (Å²) in [5.74, 6) is 2.25. The number of likely N-dealkylation sites (tertiary alicyclic amines) is 1. The van der Waals surface area contributed by atoms with Crippen LogP contribution in [-0.4, -0.2) is 44.4 Å². The molecule has 4 aromatic rings. The number of hydrogen-bond acceptors (Lipinski definition) is 6. The van der Waals surface area contributed by atoms with Crippen molar-refractivity contribution in [3.05, 3.63) is 58.3 Å². The first-order valence-corrected chi connectivity index (χ1v) is 11.7. The Kier molecular flexibility index (Phi) is 5.60. The van der Waals surface area contributed by atoms with E-state index in [1.807, 2.05) is 51.9 Å². The lowest BCUT2D eigenvalue weighted by molar-refractivity contribution is 0.160. The van der Waals surface area contributed by atoms with Gasteiger partial charge in [-0.15, -0.1) is 11.3 Å². The Hall–Kier alpha value is -2.55. The Morgan fingerprint density at radius 3 is 2.55 bits per heavy atom. The zero-order chi connectivity index (χ0) is 21.4. The molecule has 0 radical (unpaired) electrons. The Labute approximate surface area is 190 Å². The fourth-order valence-corrected chi connectivity index (χ4v) is 5.47. The summed E-state index contributed by atoms with van der Waals surface area (Å²) >= 11 is 7.51. The predicted molar refractivity (Wildman–Crippen MR) is 127 cm³/mol. The highest BCUT2D eigenvalue weighted by Gasteiger charge is 2.24. The number of ether oxygens (including phenoxy) is 1. The van der Waals surface area contributed by atoms with E-state index in [1.54, 1.807) is 7.11 Å². The van der Waals surface area contributed by atoms with Crippen molar-refractivity contribution in [2.24, 2.45) is 7.05 Å². The smallest absolute Gasteiger partial charge is 0.199 e. The zero-order valence-corrected chi connectivity index (χ0v) is 19.3. The second-order valence-corrected chi connectivity index (χ2v) is 9.37. The third kappa shape index (κ3) is 4.03. The summed E-state index contributed by atoms with van der Waals surface area (Å²) in [4.78, 5) is 7.31. The summed E-state index contributed by atoms with van der Waals surface area (Å²) in [6.45, 7) is 2.77. The molecule has 160 valence electrons. The Morgan fingerprint density at radius 1 is 1.10 bits per heavy atom. The number of thiazole rings is 1. The molecule has 3 heterocycles. The average molecular weight is 452 g/mol. The zero-order valence-electron chi connectivity index (χ0n) is 17.7. The molecule has 31 heavy (non-hydrogen) atoms. The third-order valence-corrected chi connectivity index (χ3v) is 7.65. The molecule has 0 bridgehead atoms. The maximum Gasteiger partial charge on any atom is 0.199 e. The molecule has 0 unspecified atom stereocenters. The summed E-state index contributed by atoms with van der Waals surface area (Å²) < 4.78 is 11.2. The van der Waals surface area contributed by atoms with Crippen molar-refractivity contribution in [3.63, 3.8) is 0 Å². The molecule has 1 saturated heterocycles. The maximum atomic E-state index is 5.67. The van der Waals surface area contributed by atoms with Gasteiger partial charge in [-0.3, -0.25) is 4.90 Å². The molecule has 0 saturated carbocycles. The van der Waals surface area contributed by atoms with Crippen LogP contribution in [0.2, 0.25) is 0 Å². The van der Waals surface area contributed by atoms with Gasteiger partial charge in [-0.1, -0.05) is 12.1 Å². The van der Waals surface area contributed by atoms with Gasteiger partial charge in [0, 0.05) is 31.6 Å². The lowest BCUT2D eigenvalue weighted by Crippen LogP contribution is -2.34. The van der Waals surface area contributed by atoms with E-state index in [1.165, 1.54) is 9.71 Å². The van der Waals surface area contributed by atoms with Crippen molar-refractivity contribution in [2.75, 3.05) is 20.2 Å². The van der Waals surface area contributed by atoms with E-state index in [-0.39, 0.29) is 0 Å². The molecule has 0 amide bonds. The minimum absolute atomic E-state index is 0.542. The summed E-state index contributed by atoms with van der Waals surface area (Å²) in [5.41, 5.74) is 2.15. The lowest BCUT2D eigenvalue weighted by atomic mass is 9.98. The minimum Gasteiger partial charge on any atom is -0.497 e. The topological polar surface area (TPSA) is 48.1 Å². The predicted octanol–water partition coefficient (Wildman–Crippen LogP) is 5.07. The van der Waals surface area contributed by atoms with Crippen molar-refractivity contribution in [2.45, 2.75) is 25.4 Å². The fraction of sp³-hybridized carbons (Fsp3) is 0.348. The van der Waals surface area contributed by atoms with Gasteiger partial charge >= 0.3 is 0 Å². The minimum atomic E-state index is 0.542. The van der Waals surface area contributed by atoms with E-state index in [9.17, 15) is 0 Å². The number of piperidine rings is 1. The first-order valence-electron chi connectivity index (χ1n) is 10.5. The van der Waals surface area contributed by atoms with Gasteiger partial charge in [0.1, 0.15) is 5.75 Å². The molecule has 6 nitrogen and oxygen atoms in total. The number of aromatic nitrogens is 4. The molecule has 2 aromatic heterocycles. The molecule has 0 atom stereocenters. The molecule has 2 aromatic carbocycles. The standard InChI is InChI=1S/C23H25N5OS2/c1-26-21(16-7-9-18(29-2)10-8-16)25-28(23(26)30)15-27-13-11-17(12-14-27)22-24-19-5-3-4-6-20(19)31-22/h3-10,17H,11-15H2,1-2H3. The van der Waals surface area contributed by atoms with E-state index < -0.39 is 0 Å². The van der Waals surface area contributed by atoms with Gasteiger partial charge in [-0.2, -0.15) is 5.10 Å². The summed E-state index contributed by atoms with van der Waals surface area (Å²) in [6.07, 6.45) is 2.23. The van der Waals surface area contributed by atoms with Gasteiger partial charge in [0.15, 0.2) is 10.6 Å². The van der Waals surface area contributed by atoms with Gasteiger partial charge in [0.25, 0.3) is 0 Å². The number of benzene rings is 2. The van der Waals surface area contributed by atoms with Gasteiger partial charge in [0.2, 0.25) is 0 Å². The van der Waals surface area contributed by atoms with E-state index >= 15 is 0 Å². The van der Waals surface area contributed by atoms with Crippen molar-refractivity contribution < 1.29 is 4.74 Å². The van der Waals surface area contributed by atoms with Crippen LogP contribution in [0.5, 0.6) is 5.75 Å². The first kappa shape index (κ1) is 20.4. The van der Waals surface area contributed by atoms with Gasteiger partial charge in [-0.05, 0) is 61.5 Å². The lowest BCUT2D eigenvalue weighted by Gasteiger charge is -2.30. The molecule has 0 N–H and O–H groups in total. The molecule has 1 aliphatic heterocycles. The second-order valence-electron chi connectivity index (χ2n) is 7.95. The van der Waals surface area contributed by atoms with Crippen LogP contribution in [0.15, 0.2) is 48.5 Å². The van der Waals surface area contributed by atoms with Crippen LogP contribution in [0, 0.1) is 4.77 Å². The molecular formula is C23H25N5OS2. The van der Waals surface area contributed by atoms with E-state index in [4.69, 9.17) is 27.0 Å². The van der Waals surface area contributed by atoms with Crippen molar-refractivity contribution in [1.82, 2.24) is 24.2 Å². The van der Waals surface area contributed by atoms with Crippen LogP contribution >= 0.6 is 23.6 Å². The largest absolute Gasteiger partial charge is 0.497 e. The molecule has 0 spiro atoms. The van der Waals surface area contributed by atoms with Crippen LogP contribution < -0.4 is 4.74 Å². The highest BCUT2D eigenvalue weighted by Crippen LogP contribution is 2.34. The van der Waals surface area contributed by atoms with E-state index in [0.29, 0.717) is 5.92 Å². The van der Waals surface area contributed by atoms with Gasteiger partial charge < -0.3 is 9.30 Å². The summed E-state index contributed by atoms with van der Waals surface area (Å²) in [7, 11) is 3.65. The number of nitrogens with zero attached hydrogens (tertiary/aromatic N) is 5. The number of para-hydroxylation sites is 1. The number of fused-ring (bicyclic) bond motifs is 1. The van der Waals surface area contributed by atoms with Crippen molar-refractivity contribution >= 4 is 33.8 Å². The van der Waals surface area contributed by atoms with E-state index in [2.05, 4.69) is 29.2 Å². The first-order chi connectivity index (χ1) is 15.1. The van der Waals surface area contributed by atoms with E-state index in [0.717, 1.165) is 60.0 Å². The quantitative estimate of drug-likeness (QED) is 0.396.